The van der Waals surface area contributed by atoms with E-state index in [9.17, 15) is 21.6 Å². The average molecular weight is 389 g/mol. The number of carbonyl (C=O) groups is 1. The summed E-state index contributed by atoms with van der Waals surface area (Å²) in [5, 5.41) is 8.80. The predicted molar refractivity (Wildman–Crippen MR) is 93.7 cm³/mol. The van der Waals surface area contributed by atoms with E-state index in [1.807, 2.05) is 13.8 Å². The first-order valence-corrected chi connectivity index (χ1v) is 11.3. The van der Waals surface area contributed by atoms with E-state index < -0.39 is 31.9 Å². The van der Waals surface area contributed by atoms with Crippen molar-refractivity contribution in [3.8, 4) is 0 Å². The molecule has 0 saturated carbocycles. The summed E-state index contributed by atoms with van der Waals surface area (Å²) in [5.74, 6) is -1.28. The Bertz CT molecular complexity index is 861. The van der Waals surface area contributed by atoms with Crippen molar-refractivity contribution in [2.24, 2.45) is 0 Å². The highest BCUT2D eigenvalue weighted by Gasteiger charge is 2.38. The molecule has 7 nitrogen and oxygen atoms in total. The van der Waals surface area contributed by atoms with Crippen LogP contribution in [0.2, 0.25) is 0 Å². The minimum Gasteiger partial charge on any atom is -0.481 e. The second kappa shape index (κ2) is 7.43. The minimum atomic E-state index is -3.90. The number of sulfonamides is 1. The molecule has 1 atom stereocenters. The van der Waals surface area contributed by atoms with Crippen molar-refractivity contribution >= 4 is 25.8 Å². The lowest BCUT2D eigenvalue weighted by molar-refractivity contribution is -0.137. The van der Waals surface area contributed by atoms with Gasteiger partial charge in [-0.25, -0.2) is 16.8 Å². The third-order valence-corrected chi connectivity index (χ3v) is 8.17. The number of benzene rings is 1. The standard InChI is InChI=1S/C16H23NO6S2/c1-12-5-6-15(10-13(12)2)25(22,23)17(8-3-4-16(18)19)14-7-9-24(20,21)11-14/h5-6,10,14H,3-4,7-9,11H2,1-2H3,(H,18,19)/t14-/m1/s1. The van der Waals surface area contributed by atoms with Gasteiger partial charge in [-0.3, -0.25) is 4.79 Å². The Labute approximate surface area is 148 Å². The van der Waals surface area contributed by atoms with Gasteiger partial charge in [-0.05, 0) is 49.9 Å². The maximum atomic E-state index is 13.1. The van der Waals surface area contributed by atoms with E-state index in [0.717, 1.165) is 11.1 Å². The fourth-order valence-corrected chi connectivity index (χ4v) is 6.50. The van der Waals surface area contributed by atoms with E-state index in [1.54, 1.807) is 12.1 Å². The fraction of sp³-hybridized carbons (Fsp3) is 0.562. The maximum Gasteiger partial charge on any atom is 0.303 e. The lowest BCUT2D eigenvalue weighted by Crippen LogP contribution is -2.41. The van der Waals surface area contributed by atoms with Gasteiger partial charge < -0.3 is 5.11 Å². The largest absolute Gasteiger partial charge is 0.481 e. The molecule has 1 fully saturated rings. The molecule has 0 aliphatic carbocycles. The van der Waals surface area contributed by atoms with Gasteiger partial charge >= 0.3 is 5.97 Å². The Morgan fingerprint density at radius 2 is 1.96 bits per heavy atom. The van der Waals surface area contributed by atoms with Crippen LogP contribution in [0, 0.1) is 13.8 Å². The molecule has 0 bridgehead atoms. The molecule has 2 rings (SSSR count). The number of hydrogen-bond acceptors (Lipinski definition) is 5. The zero-order valence-electron chi connectivity index (χ0n) is 14.3. The van der Waals surface area contributed by atoms with Gasteiger partial charge in [0.1, 0.15) is 0 Å². The number of aliphatic carboxylic acids is 1. The molecule has 0 unspecified atom stereocenters. The van der Waals surface area contributed by atoms with Crippen molar-refractivity contribution in [3.05, 3.63) is 29.3 Å². The van der Waals surface area contributed by atoms with E-state index in [4.69, 9.17) is 5.11 Å². The van der Waals surface area contributed by atoms with Crippen molar-refractivity contribution in [1.82, 2.24) is 4.31 Å². The second-order valence-corrected chi connectivity index (χ2v) is 10.5. The van der Waals surface area contributed by atoms with Crippen LogP contribution in [0.15, 0.2) is 23.1 Å². The first kappa shape index (κ1) is 19.9. The SMILES string of the molecule is Cc1ccc(S(=O)(=O)N(CCCC(=O)O)[C@@H]2CCS(=O)(=O)C2)cc1C. The molecule has 1 aromatic rings. The van der Waals surface area contributed by atoms with Crippen molar-refractivity contribution in [2.45, 2.75) is 44.0 Å². The van der Waals surface area contributed by atoms with Crippen molar-refractivity contribution in [2.75, 3.05) is 18.1 Å². The van der Waals surface area contributed by atoms with E-state index in [0.29, 0.717) is 0 Å². The van der Waals surface area contributed by atoms with Crippen molar-refractivity contribution in [3.63, 3.8) is 0 Å². The molecule has 0 aromatic heterocycles. The number of nitrogens with zero attached hydrogens (tertiary/aromatic N) is 1. The van der Waals surface area contributed by atoms with Crippen LogP contribution >= 0.6 is 0 Å². The van der Waals surface area contributed by atoms with E-state index >= 15 is 0 Å². The Hall–Kier alpha value is -1.45. The molecule has 1 saturated heterocycles. The lowest BCUT2D eigenvalue weighted by atomic mass is 10.1. The molecule has 0 amide bonds. The van der Waals surface area contributed by atoms with Crippen LogP contribution in [0.5, 0.6) is 0 Å². The number of aryl methyl sites for hydroxylation is 2. The summed E-state index contributed by atoms with van der Waals surface area (Å²) in [5.41, 5.74) is 1.78. The first-order chi connectivity index (χ1) is 11.5. The Morgan fingerprint density at radius 3 is 2.48 bits per heavy atom. The van der Waals surface area contributed by atoms with Gasteiger partial charge in [0.05, 0.1) is 16.4 Å². The summed E-state index contributed by atoms with van der Waals surface area (Å²) in [7, 11) is -7.16. The molecule has 1 N–H and O–H groups in total. The summed E-state index contributed by atoms with van der Waals surface area (Å²) in [6.07, 6.45) is 0.202. The van der Waals surface area contributed by atoms with E-state index in [2.05, 4.69) is 0 Å². The maximum absolute atomic E-state index is 13.1. The van der Waals surface area contributed by atoms with Crippen LogP contribution < -0.4 is 0 Å². The van der Waals surface area contributed by atoms with Gasteiger partial charge in [-0.15, -0.1) is 0 Å². The summed E-state index contributed by atoms with van der Waals surface area (Å²) in [6, 6.07) is 4.14. The summed E-state index contributed by atoms with van der Waals surface area (Å²) in [6.45, 7) is 3.67. The first-order valence-electron chi connectivity index (χ1n) is 8.04. The Kier molecular flexibility index (Phi) is 5.90. The third-order valence-electron chi connectivity index (χ3n) is 4.47. The topological polar surface area (TPSA) is 109 Å². The monoisotopic (exact) mass is 389 g/mol. The number of hydrogen-bond donors (Lipinski definition) is 1. The molecule has 1 aliphatic heterocycles. The normalized spacial score (nSPS) is 20.0. The molecular formula is C16H23NO6S2. The van der Waals surface area contributed by atoms with Gasteiger partial charge in [-0.1, -0.05) is 6.07 Å². The number of carboxylic acid groups (broad SMARTS) is 1. The van der Waals surface area contributed by atoms with Gasteiger partial charge in [0.15, 0.2) is 9.84 Å². The van der Waals surface area contributed by atoms with E-state index in [-0.39, 0.29) is 42.2 Å². The highest BCUT2D eigenvalue weighted by Crippen LogP contribution is 2.26. The summed E-state index contributed by atoms with van der Waals surface area (Å²) >= 11 is 0. The van der Waals surface area contributed by atoms with Gasteiger partial charge in [-0.2, -0.15) is 4.31 Å². The van der Waals surface area contributed by atoms with Gasteiger partial charge in [0, 0.05) is 19.0 Å². The molecule has 140 valence electrons. The number of rotatable bonds is 7. The molecule has 25 heavy (non-hydrogen) atoms. The second-order valence-electron chi connectivity index (χ2n) is 6.42. The Morgan fingerprint density at radius 1 is 1.28 bits per heavy atom. The van der Waals surface area contributed by atoms with Crippen LogP contribution in [-0.4, -0.2) is 56.3 Å². The zero-order chi connectivity index (χ0) is 18.8. The zero-order valence-corrected chi connectivity index (χ0v) is 15.9. The predicted octanol–water partition coefficient (Wildman–Crippen LogP) is 1.35. The number of sulfone groups is 1. The van der Waals surface area contributed by atoms with Crippen LogP contribution in [0.25, 0.3) is 0 Å². The van der Waals surface area contributed by atoms with Crippen LogP contribution in [0.3, 0.4) is 0 Å². The molecular weight excluding hydrogens is 366 g/mol. The molecule has 1 heterocycles. The summed E-state index contributed by atoms with van der Waals surface area (Å²) < 4.78 is 50.8. The van der Waals surface area contributed by atoms with Crippen molar-refractivity contribution < 1.29 is 26.7 Å². The van der Waals surface area contributed by atoms with Crippen LogP contribution in [-0.2, 0) is 24.7 Å². The van der Waals surface area contributed by atoms with Crippen LogP contribution in [0.1, 0.15) is 30.4 Å². The molecule has 0 spiro atoms. The van der Waals surface area contributed by atoms with Gasteiger partial charge in [0.2, 0.25) is 10.0 Å². The fourth-order valence-electron chi connectivity index (χ4n) is 2.90. The molecule has 1 aliphatic rings. The molecule has 9 heteroatoms. The molecule has 1 aromatic carbocycles. The van der Waals surface area contributed by atoms with E-state index in [1.165, 1.54) is 10.4 Å². The van der Waals surface area contributed by atoms with Crippen molar-refractivity contribution in [1.29, 1.82) is 0 Å². The average Bonchev–Trinajstić information content (AvgIpc) is 2.85. The quantitative estimate of drug-likeness (QED) is 0.754. The smallest absolute Gasteiger partial charge is 0.303 e. The third kappa shape index (κ3) is 4.80. The highest BCUT2D eigenvalue weighted by molar-refractivity contribution is 7.92. The minimum absolute atomic E-state index is 0.0122. The molecule has 0 radical (unpaired) electrons. The van der Waals surface area contributed by atoms with Crippen LogP contribution in [0.4, 0.5) is 0 Å². The van der Waals surface area contributed by atoms with Gasteiger partial charge in [0.25, 0.3) is 0 Å². The Balaban J connectivity index is 2.35. The lowest BCUT2D eigenvalue weighted by Gasteiger charge is -2.27. The number of carboxylic acids is 1. The highest BCUT2D eigenvalue weighted by atomic mass is 32.2. The summed E-state index contributed by atoms with van der Waals surface area (Å²) in [4.78, 5) is 10.8.